The number of hydrogen-bond donors (Lipinski definition) is 0. The maximum atomic E-state index is 14.6. The monoisotopic (exact) mass is 529 g/mol. The van der Waals surface area contributed by atoms with Crippen molar-refractivity contribution in [3.63, 3.8) is 0 Å². The molecule has 1 saturated heterocycles. The van der Waals surface area contributed by atoms with Crippen LogP contribution in [0, 0.1) is 11.2 Å². The minimum atomic E-state index is -1.59. The quantitative estimate of drug-likeness (QED) is 0.234. The van der Waals surface area contributed by atoms with Crippen molar-refractivity contribution in [3.05, 3.63) is 137 Å². The van der Waals surface area contributed by atoms with Gasteiger partial charge in [-0.25, -0.2) is 4.39 Å². The summed E-state index contributed by atoms with van der Waals surface area (Å²) in [7, 11) is 1.53. The lowest BCUT2D eigenvalue weighted by Gasteiger charge is -2.37. The summed E-state index contributed by atoms with van der Waals surface area (Å²) in [5, 5.41) is 0. The summed E-state index contributed by atoms with van der Waals surface area (Å²) in [6.07, 6.45) is 3.55. The van der Waals surface area contributed by atoms with Crippen LogP contribution in [0.1, 0.15) is 48.1 Å². The number of carbonyl (C=O) groups excluding carboxylic acids is 3. The highest BCUT2D eigenvalue weighted by atomic mass is 19.1. The Bertz CT molecular complexity index is 1710. The highest BCUT2D eigenvalue weighted by Gasteiger charge is 2.71. The SMILES string of the molecule is COc1cccc(C(=O)[C@@H]2[C@H](c3ccccc3)C3(C(=O)c4ccccc4C3=O)[C@@H]3C=Cc4cc(F)ccc4N23)c1. The molecule has 0 bridgehead atoms. The van der Waals surface area contributed by atoms with E-state index in [0.717, 1.165) is 0 Å². The van der Waals surface area contributed by atoms with Crippen molar-refractivity contribution in [3.8, 4) is 5.75 Å². The fourth-order valence-electron chi connectivity index (χ4n) is 6.93. The topological polar surface area (TPSA) is 63.7 Å². The van der Waals surface area contributed by atoms with E-state index in [2.05, 4.69) is 0 Å². The number of halogens is 1. The number of Topliss-reactive ketones (excluding diaryl/α,β-unsaturated/α-hetero) is 3. The minimum absolute atomic E-state index is 0.253. The molecular formula is C34H24FNO4. The van der Waals surface area contributed by atoms with Gasteiger partial charge in [0.1, 0.15) is 23.0 Å². The Morgan fingerprint density at radius 1 is 0.850 bits per heavy atom. The smallest absolute Gasteiger partial charge is 0.186 e. The Kier molecular flexibility index (Phi) is 5.36. The molecule has 1 fully saturated rings. The Morgan fingerprint density at radius 2 is 1.55 bits per heavy atom. The Labute approximate surface area is 230 Å². The predicted molar refractivity (Wildman–Crippen MR) is 150 cm³/mol. The van der Waals surface area contributed by atoms with Crippen LogP contribution in [-0.4, -0.2) is 36.5 Å². The second kappa shape index (κ2) is 8.85. The van der Waals surface area contributed by atoms with E-state index in [9.17, 15) is 18.8 Å². The van der Waals surface area contributed by atoms with Crippen LogP contribution < -0.4 is 9.64 Å². The Balaban J connectivity index is 1.54. The molecule has 4 aromatic rings. The summed E-state index contributed by atoms with van der Waals surface area (Å²) in [5.41, 5.74) is 1.43. The lowest BCUT2D eigenvalue weighted by atomic mass is 9.64. The number of benzene rings is 4. The van der Waals surface area contributed by atoms with Crippen molar-refractivity contribution >= 4 is 29.1 Å². The first kappa shape index (κ1) is 24.2. The number of carbonyl (C=O) groups is 3. The molecule has 0 saturated carbocycles. The maximum Gasteiger partial charge on any atom is 0.186 e. The second-order valence-corrected chi connectivity index (χ2v) is 10.4. The van der Waals surface area contributed by atoms with Crippen LogP contribution >= 0.6 is 0 Å². The number of hydrogen-bond acceptors (Lipinski definition) is 5. The lowest BCUT2D eigenvalue weighted by molar-refractivity contribution is 0.0666. The third-order valence-corrected chi connectivity index (χ3v) is 8.55. The van der Waals surface area contributed by atoms with Gasteiger partial charge < -0.3 is 9.64 Å². The molecule has 6 heteroatoms. The fourth-order valence-corrected chi connectivity index (χ4v) is 6.93. The van der Waals surface area contributed by atoms with Gasteiger partial charge in [-0.15, -0.1) is 0 Å². The van der Waals surface area contributed by atoms with Crippen LogP contribution in [0.2, 0.25) is 0 Å². The summed E-state index contributed by atoms with van der Waals surface area (Å²) >= 11 is 0. The molecule has 3 atom stereocenters. The van der Waals surface area contributed by atoms with Crippen molar-refractivity contribution in [1.82, 2.24) is 0 Å². The van der Waals surface area contributed by atoms with E-state index in [1.54, 1.807) is 66.7 Å². The third kappa shape index (κ3) is 3.16. The highest BCUT2D eigenvalue weighted by molar-refractivity contribution is 6.32. The van der Waals surface area contributed by atoms with Crippen molar-refractivity contribution in [2.24, 2.45) is 5.41 Å². The molecule has 4 aromatic carbocycles. The van der Waals surface area contributed by atoms with Crippen LogP contribution in [0.5, 0.6) is 5.75 Å². The number of methoxy groups -OCH3 is 1. The lowest BCUT2D eigenvalue weighted by Crippen LogP contribution is -2.48. The number of fused-ring (bicyclic) bond motifs is 5. The zero-order chi connectivity index (χ0) is 27.6. The van der Waals surface area contributed by atoms with Crippen LogP contribution in [0.25, 0.3) is 6.08 Å². The molecule has 2 heterocycles. The van der Waals surface area contributed by atoms with Crippen molar-refractivity contribution in [2.75, 3.05) is 12.0 Å². The van der Waals surface area contributed by atoms with Gasteiger partial charge in [0.05, 0.1) is 13.2 Å². The van der Waals surface area contributed by atoms with E-state index in [4.69, 9.17) is 4.74 Å². The van der Waals surface area contributed by atoms with E-state index in [1.807, 2.05) is 35.2 Å². The van der Waals surface area contributed by atoms with Gasteiger partial charge in [-0.1, -0.05) is 78.9 Å². The van der Waals surface area contributed by atoms with Gasteiger partial charge in [0.2, 0.25) is 0 Å². The minimum Gasteiger partial charge on any atom is -0.497 e. The predicted octanol–water partition coefficient (Wildman–Crippen LogP) is 6.15. The van der Waals surface area contributed by atoms with E-state index in [1.165, 1.54) is 19.2 Å². The third-order valence-electron chi connectivity index (χ3n) is 8.55. The van der Waals surface area contributed by atoms with Crippen LogP contribution in [0.4, 0.5) is 10.1 Å². The molecule has 5 nitrogen and oxygen atoms in total. The first-order valence-electron chi connectivity index (χ1n) is 13.1. The highest BCUT2D eigenvalue weighted by Crippen LogP contribution is 2.61. The fraction of sp³-hybridized carbons (Fsp3) is 0.147. The molecule has 1 aliphatic carbocycles. The molecule has 3 aliphatic rings. The number of nitrogens with zero attached hydrogens (tertiary/aromatic N) is 1. The first-order chi connectivity index (χ1) is 19.5. The largest absolute Gasteiger partial charge is 0.497 e. The van der Waals surface area contributed by atoms with E-state index in [0.29, 0.717) is 39.3 Å². The van der Waals surface area contributed by atoms with Crippen LogP contribution in [-0.2, 0) is 0 Å². The summed E-state index contributed by atoms with van der Waals surface area (Å²) in [5.74, 6) is -1.55. The number of rotatable bonds is 4. The molecule has 7 rings (SSSR count). The van der Waals surface area contributed by atoms with Gasteiger partial charge in [-0.05, 0) is 35.9 Å². The van der Waals surface area contributed by atoms with Gasteiger partial charge in [-0.2, -0.15) is 0 Å². The zero-order valence-corrected chi connectivity index (χ0v) is 21.6. The first-order valence-corrected chi connectivity index (χ1v) is 13.1. The Hall–Kier alpha value is -4.84. The van der Waals surface area contributed by atoms with Crippen LogP contribution in [0.3, 0.4) is 0 Å². The van der Waals surface area contributed by atoms with E-state index < -0.39 is 29.2 Å². The van der Waals surface area contributed by atoms with Crippen molar-refractivity contribution in [1.29, 1.82) is 0 Å². The molecule has 0 unspecified atom stereocenters. The molecular weight excluding hydrogens is 505 g/mol. The second-order valence-electron chi connectivity index (χ2n) is 10.4. The van der Waals surface area contributed by atoms with E-state index in [-0.39, 0.29) is 17.3 Å². The van der Waals surface area contributed by atoms with Crippen molar-refractivity contribution < 1.29 is 23.5 Å². The molecule has 40 heavy (non-hydrogen) atoms. The summed E-state index contributed by atoms with van der Waals surface area (Å²) in [4.78, 5) is 45.6. The van der Waals surface area contributed by atoms with E-state index >= 15 is 0 Å². The average molecular weight is 530 g/mol. The number of anilines is 1. The number of ether oxygens (including phenoxy) is 1. The molecule has 1 spiro atoms. The molecule has 0 N–H and O–H groups in total. The Morgan fingerprint density at radius 3 is 2.25 bits per heavy atom. The van der Waals surface area contributed by atoms with Crippen molar-refractivity contribution in [2.45, 2.75) is 18.0 Å². The standard InChI is InChI=1S/C34H24FNO4/c1-40-24-11-7-10-22(19-24)31(37)30-29(20-8-3-2-4-9-20)34(32(38)25-12-5-6-13-26(25)33(34)39)28-17-14-21-18-23(35)15-16-27(21)36(28)30/h2-19,28-30H,1H3/t28-,29-,30-/m0/s1. The molecule has 0 radical (unpaired) electrons. The molecule has 0 aromatic heterocycles. The molecule has 2 aliphatic heterocycles. The van der Waals surface area contributed by atoms with Gasteiger partial charge in [-0.3, -0.25) is 14.4 Å². The summed E-state index contributed by atoms with van der Waals surface area (Å²) in [6.45, 7) is 0. The average Bonchev–Trinajstić information content (AvgIpc) is 3.43. The molecule has 0 amide bonds. The van der Waals surface area contributed by atoms with Gasteiger partial charge >= 0.3 is 0 Å². The van der Waals surface area contributed by atoms with Crippen LogP contribution in [0.15, 0.2) is 103 Å². The number of ketones is 3. The summed E-state index contributed by atoms with van der Waals surface area (Å²) in [6, 6.07) is 25.7. The van der Waals surface area contributed by atoms with Gasteiger partial charge in [0.15, 0.2) is 17.3 Å². The van der Waals surface area contributed by atoms with Gasteiger partial charge in [0, 0.05) is 33.9 Å². The molecule has 196 valence electrons. The maximum absolute atomic E-state index is 14.6. The zero-order valence-electron chi connectivity index (χ0n) is 21.6. The summed E-state index contributed by atoms with van der Waals surface area (Å²) < 4.78 is 19.7. The van der Waals surface area contributed by atoms with Gasteiger partial charge in [0.25, 0.3) is 0 Å². The normalized spacial score (nSPS) is 21.8.